The van der Waals surface area contributed by atoms with Crippen LogP contribution in [0.2, 0.25) is 0 Å². The molecule has 0 aliphatic carbocycles. The molecule has 2 amide bonds. The van der Waals surface area contributed by atoms with Crippen molar-refractivity contribution in [1.82, 2.24) is 20.1 Å². The molecule has 0 bridgehead atoms. The number of hydrogen-bond acceptors (Lipinski definition) is 5. The molecule has 2 aliphatic rings. The molecule has 0 saturated carbocycles. The van der Waals surface area contributed by atoms with Crippen molar-refractivity contribution in [2.45, 2.75) is 18.9 Å². The molecule has 3 heterocycles. The second-order valence-corrected chi connectivity index (χ2v) is 6.54. The molecule has 0 radical (unpaired) electrons. The highest BCUT2D eigenvalue weighted by molar-refractivity contribution is 5.89. The highest BCUT2D eigenvalue weighted by Crippen LogP contribution is 2.24. The fourth-order valence-electron chi connectivity index (χ4n) is 3.39. The molecular weight excluding hydrogens is 308 g/mol. The minimum absolute atomic E-state index is 0.0404. The zero-order valence-corrected chi connectivity index (χ0v) is 14.2. The van der Waals surface area contributed by atoms with E-state index < -0.39 is 0 Å². The molecule has 2 aliphatic heterocycles. The minimum Gasteiger partial charge on any atom is -0.481 e. The van der Waals surface area contributed by atoms with Crippen molar-refractivity contribution in [3.8, 4) is 5.88 Å². The number of likely N-dealkylation sites (tertiary alicyclic amines) is 2. The first-order valence-electron chi connectivity index (χ1n) is 8.32. The lowest BCUT2D eigenvalue weighted by Crippen LogP contribution is -2.58. The van der Waals surface area contributed by atoms with E-state index in [1.54, 1.807) is 13.3 Å². The zero-order chi connectivity index (χ0) is 17.1. The molecule has 7 nitrogen and oxygen atoms in total. The van der Waals surface area contributed by atoms with Gasteiger partial charge in [-0.15, -0.1) is 0 Å². The predicted octanol–water partition coefficient (Wildman–Crippen LogP) is -0.0886. The van der Waals surface area contributed by atoms with Crippen LogP contribution in [-0.2, 0) is 16.0 Å². The summed E-state index contributed by atoms with van der Waals surface area (Å²) in [6.45, 7) is 2.86. The van der Waals surface area contributed by atoms with Crippen molar-refractivity contribution in [3.05, 3.63) is 23.9 Å². The first-order valence-corrected chi connectivity index (χ1v) is 8.32. The van der Waals surface area contributed by atoms with Gasteiger partial charge >= 0.3 is 0 Å². The summed E-state index contributed by atoms with van der Waals surface area (Å²) < 4.78 is 5.21. The fraction of sp³-hybridized carbons (Fsp3) is 0.588. The average molecular weight is 332 g/mol. The number of amides is 2. The van der Waals surface area contributed by atoms with Crippen LogP contribution in [0.25, 0.3) is 0 Å². The highest BCUT2D eigenvalue weighted by Gasteiger charge is 2.41. The Balaban J connectivity index is 1.46. The van der Waals surface area contributed by atoms with Crippen molar-refractivity contribution in [2.75, 3.05) is 40.3 Å². The second-order valence-electron chi connectivity index (χ2n) is 6.54. The van der Waals surface area contributed by atoms with Gasteiger partial charge in [-0.3, -0.25) is 9.59 Å². The first kappa shape index (κ1) is 16.7. The molecule has 1 atom stereocenters. The molecule has 1 aromatic rings. The average Bonchev–Trinajstić information content (AvgIpc) is 2.94. The van der Waals surface area contributed by atoms with Gasteiger partial charge in [0.2, 0.25) is 17.7 Å². The summed E-state index contributed by atoms with van der Waals surface area (Å²) in [7, 11) is 3.62. The summed E-state index contributed by atoms with van der Waals surface area (Å²) >= 11 is 0. The molecular formula is C17H24N4O3. The van der Waals surface area contributed by atoms with Crippen LogP contribution in [-0.4, -0.2) is 73.0 Å². The van der Waals surface area contributed by atoms with E-state index in [1.165, 1.54) is 0 Å². The number of nitrogens with zero attached hydrogens (tertiary/aromatic N) is 3. The summed E-state index contributed by atoms with van der Waals surface area (Å²) in [6.07, 6.45) is 2.65. The largest absolute Gasteiger partial charge is 0.481 e. The van der Waals surface area contributed by atoms with Crippen molar-refractivity contribution < 1.29 is 14.3 Å². The number of likely N-dealkylation sites (N-methyl/N-ethyl adjacent to an activating group) is 1. The number of ether oxygens (including phenoxy) is 1. The standard InChI is InChI=1S/C17H24N4O3/c1-20-10-14(11-20)21-9-13(8-15(21)22)16(23)18-7-5-12-4-3-6-19-17(12)24-2/h3-4,6,13-14H,5,7-11H2,1-2H3,(H,18,23). The number of aromatic nitrogens is 1. The lowest BCUT2D eigenvalue weighted by atomic mass is 10.1. The predicted molar refractivity (Wildman–Crippen MR) is 88.6 cm³/mol. The number of nitrogens with one attached hydrogen (secondary N) is 1. The number of methoxy groups -OCH3 is 1. The molecule has 130 valence electrons. The van der Waals surface area contributed by atoms with Gasteiger partial charge in [-0.05, 0) is 19.5 Å². The Morgan fingerprint density at radius 1 is 1.42 bits per heavy atom. The number of pyridine rings is 1. The summed E-state index contributed by atoms with van der Waals surface area (Å²) in [4.78, 5) is 32.6. The Morgan fingerprint density at radius 2 is 2.21 bits per heavy atom. The molecule has 1 unspecified atom stereocenters. The SMILES string of the molecule is COc1ncccc1CCNC(=O)C1CC(=O)N(C2CN(C)C2)C1. The fourth-order valence-corrected chi connectivity index (χ4v) is 3.39. The third kappa shape index (κ3) is 3.51. The van der Waals surface area contributed by atoms with Crippen LogP contribution in [0.4, 0.5) is 0 Å². The molecule has 7 heteroatoms. The van der Waals surface area contributed by atoms with Gasteiger partial charge in [0.25, 0.3) is 0 Å². The lowest BCUT2D eigenvalue weighted by Gasteiger charge is -2.42. The van der Waals surface area contributed by atoms with E-state index in [0.717, 1.165) is 18.7 Å². The molecule has 1 aromatic heterocycles. The van der Waals surface area contributed by atoms with Crippen LogP contribution in [0.1, 0.15) is 12.0 Å². The third-order valence-corrected chi connectivity index (χ3v) is 4.75. The maximum Gasteiger partial charge on any atom is 0.225 e. The van der Waals surface area contributed by atoms with Gasteiger partial charge < -0.3 is 19.9 Å². The van der Waals surface area contributed by atoms with Gasteiger partial charge in [0, 0.05) is 44.4 Å². The molecule has 0 spiro atoms. The van der Waals surface area contributed by atoms with Crippen LogP contribution in [0.3, 0.4) is 0 Å². The Labute approximate surface area is 142 Å². The summed E-state index contributed by atoms with van der Waals surface area (Å²) in [6, 6.07) is 4.06. The molecule has 3 rings (SSSR count). The number of hydrogen-bond donors (Lipinski definition) is 1. The number of carbonyl (C=O) groups is 2. The Kier molecular flexibility index (Phi) is 4.99. The van der Waals surface area contributed by atoms with Crippen LogP contribution in [0.15, 0.2) is 18.3 Å². The van der Waals surface area contributed by atoms with E-state index in [0.29, 0.717) is 31.8 Å². The molecule has 24 heavy (non-hydrogen) atoms. The molecule has 1 N–H and O–H groups in total. The summed E-state index contributed by atoms with van der Waals surface area (Å²) in [5, 5.41) is 2.94. The Bertz CT molecular complexity index is 616. The monoisotopic (exact) mass is 332 g/mol. The van der Waals surface area contributed by atoms with E-state index >= 15 is 0 Å². The summed E-state index contributed by atoms with van der Waals surface area (Å²) in [5.74, 6) is 0.408. The van der Waals surface area contributed by atoms with Gasteiger partial charge in [0.1, 0.15) is 0 Å². The Morgan fingerprint density at radius 3 is 2.92 bits per heavy atom. The maximum absolute atomic E-state index is 12.3. The van der Waals surface area contributed by atoms with Crippen LogP contribution in [0.5, 0.6) is 5.88 Å². The topological polar surface area (TPSA) is 74.8 Å². The second kappa shape index (κ2) is 7.17. The molecule has 0 aromatic carbocycles. The van der Waals surface area contributed by atoms with E-state index in [1.807, 2.05) is 24.1 Å². The van der Waals surface area contributed by atoms with Gasteiger partial charge in [-0.25, -0.2) is 4.98 Å². The smallest absolute Gasteiger partial charge is 0.225 e. The van der Waals surface area contributed by atoms with Gasteiger partial charge in [0.15, 0.2) is 0 Å². The lowest BCUT2D eigenvalue weighted by molar-refractivity contribution is -0.132. The highest BCUT2D eigenvalue weighted by atomic mass is 16.5. The number of carbonyl (C=O) groups excluding carboxylic acids is 2. The van der Waals surface area contributed by atoms with Gasteiger partial charge in [-0.2, -0.15) is 0 Å². The van der Waals surface area contributed by atoms with E-state index in [4.69, 9.17) is 4.74 Å². The van der Waals surface area contributed by atoms with Crippen molar-refractivity contribution in [3.63, 3.8) is 0 Å². The van der Waals surface area contributed by atoms with E-state index in [9.17, 15) is 9.59 Å². The first-order chi connectivity index (χ1) is 11.6. The van der Waals surface area contributed by atoms with Crippen molar-refractivity contribution in [2.24, 2.45) is 5.92 Å². The van der Waals surface area contributed by atoms with Crippen LogP contribution < -0.4 is 10.1 Å². The van der Waals surface area contributed by atoms with Crippen LogP contribution >= 0.6 is 0 Å². The zero-order valence-electron chi connectivity index (χ0n) is 14.2. The molecule has 2 saturated heterocycles. The van der Waals surface area contributed by atoms with Crippen LogP contribution in [0, 0.1) is 5.92 Å². The van der Waals surface area contributed by atoms with Gasteiger partial charge in [-0.1, -0.05) is 6.07 Å². The van der Waals surface area contributed by atoms with E-state index in [2.05, 4.69) is 15.2 Å². The Hall–Kier alpha value is -2.15. The number of rotatable bonds is 6. The maximum atomic E-state index is 12.3. The van der Waals surface area contributed by atoms with Crippen molar-refractivity contribution in [1.29, 1.82) is 0 Å². The third-order valence-electron chi connectivity index (χ3n) is 4.75. The van der Waals surface area contributed by atoms with E-state index in [-0.39, 0.29) is 23.8 Å². The minimum atomic E-state index is -0.237. The van der Waals surface area contributed by atoms with Gasteiger partial charge in [0.05, 0.1) is 19.1 Å². The molecule has 2 fully saturated rings. The normalized spacial score (nSPS) is 21.7. The quantitative estimate of drug-likeness (QED) is 0.788. The summed E-state index contributed by atoms with van der Waals surface area (Å²) in [5.41, 5.74) is 0.960. The van der Waals surface area contributed by atoms with Crippen molar-refractivity contribution >= 4 is 11.8 Å².